The zero-order valence-corrected chi connectivity index (χ0v) is 15.0. The van der Waals surface area contributed by atoms with Gasteiger partial charge in [-0.05, 0) is 34.1 Å². The van der Waals surface area contributed by atoms with Crippen molar-refractivity contribution in [1.29, 1.82) is 0 Å². The molecule has 130 valence electrons. The Hall–Kier alpha value is -2.28. The van der Waals surface area contributed by atoms with Crippen molar-refractivity contribution in [3.8, 4) is 17.4 Å². The molecule has 0 radical (unpaired) electrons. The number of nitrogens with zero attached hydrogens (tertiary/aromatic N) is 2. The number of carbonyl (C=O) groups is 1. The van der Waals surface area contributed by atoms with Gasteiger partial charge >= 0.3 is 0 Å². The zero-order valence-electron chi connectivity index (χ0n) is 13.4. The van der Waals surface area contributed by atoms with Gasteiger partial charge in [0, 0.05) is 29.7 Å². The Kier molecular flexibility index (Phi) is 4.48. The van der Waals surface area contributed by atoms with E-state index in [0.29, 0.717) is 30.5 Å². The molecule has 0 aliphatic carbocycles. The molecule has 2 unspecified atom stereocenters. The number of pyridine rings is 1. The fraction of sp³-hybridized carbons (Fsp3) is 0.333. The van der Waals surface area contributed by atoms with Gasteiger partial charge in [0.2, 0.25) is 12.0 Å². The minimum absolute atomic E-state index is 0.0607. The highest BCUT2D eigenvalue weighted by molar-refractivity contribution is 9.10. The fourth-order valence-electron chi connectivity index (χ4n) is 2.97. The summed E-state index contributed by atoms with van der Waals surface area (Å²) in [6.45, 7) is 1.39. The summed E-state index contributed by atoms with van der Waals surface area (Å²) in [4.78, 5) is 18.7. The second-order valence-corrected chi connectivity index (χ2v) is 6.91. The number of hydrogen-bond donors (Lipinski definition) is 0. The third-order valence-electron chi connectivity index (χ3n) is 4.23. The molecule has 25 heavy (non-hydrogen) atoms. The average Bonchev–Trinajstić information content (AvgIpc) is 3.11. The summed E-state index contributed by atoms with van der Waals surface area (Å²) < 4.78 is 18.2. The smallest absolute Gasteiger partial charge is 0.267 e. The summed E-state index contributed by atoms with van der Waals surface area (Å²) in [7, 11) is 0. The summed E-state index contributed by atoms with van der Waals surface area (Å²) in [5.41, 5.74) is 0. The molecule has 3 heterocycles. The van der Waals surface area contributed by atoms with Crippen LogP contribution in [0.3, 0.4) is 0 Å². The zero-order chi connectivity index (χ0) is 17.2. The highest BCUT2D eigenvalue weighted by Gasteiger charge is 2.35. The molecule has 4 rings (SSSR count). The minimum Gasteiger partial charge on any atom is -0.485 e. The molecule has 1 fully saturated rings. The third kappa shape index (κ3) is 3.56. The number of likely N-dealkylation sites (tertiary alicyclic amines) is 1. The standard InChI is InChI=1S/C18H17BrN2O4/c19-12-5-6-17(20-9-12)24-13-7-8-21(10-13)18(22)16-11-23-14-3-1-2-4-15(14)25-16/h1-6,9,13,16H,7-8,10-11H2. The maximum atomic E-state index is 12.7. The van der Waals surface area contributed by atoms with Crippen molar-refractivity contribution in [2.75, 3.05) is 19.7 Å². The lowest BCUT2D eigenvalue weighted by Crippen LogP contribution is -2.46. The number of amides is 1. The topological polar surface area (TPSA) is 60.9 Å². The van der Waals surface area contributed by atoms with E-state index in [1.54, 1.807) is 11.1 Å². The Balaban J connectivity index is 1.35. The Morgan fingerprint density at radius 3 is 2.88 bits per heavy atom. The molecule has 2 aromatic rings. The average molecular weight is 405 g/mol. The lowest BCUT2D eigenvalue weighted by Gasteiger charge is -2.28. The van der Waals surface area contributed by atoms with Crippen LogP contribution in [0.2, 0.25) is 0 Å². The van der Waals surface area contributed by atoms with Crippen LogP contribution in [0.5, 0.6) is 17.4 Å². The molecular weight excluding hydrogens is 388 g/mol. The van der Waals surface area contributed by atoms with Gasteiger partial charge in [0.1, 0.15) is 12.7 Å². The first-order valence-electron chi connectivity index (χ1n) is 8.14. The number of ether oxygens (including phenoxy) is 3. The number of hydrogen-bond acceptors (Lipinski definition) is 5. The molecule has 0 saturated carbocycles. The maximum absolute atomic E-state index is 12.7. The van der Waals surface area contributed by atoms with E-state index in [1.165, 1.54) is 0 Å². The Morgan fingerprint density at radius 2 is 2.08 bits per heavy atom. The van der Waals surface area contributed by atoms with Gasteiger partial charge in [-0.25, -0.2) is 4.98 Å². The van der Waals surface area contributed by atoms with E-state index >= 15 is 0 Å². The first-order chi connectivity index (χ1) is 12.2. The van der Waals surface area contributed by atoms with Crippen molar-refractivity contribution in [1.82, 2.24) is 9.88 Å². The predicted octanol–water partition coefficient (Wildman–Crippen LogP) is 2.66. The van der Waals surface area contributed by atoms with E-state index in [-0.39, 0.29) is 18.6 Å². The molecule has 0 N–H and O–H groups in total. The SMILES string of the molecule is O=C(C1COc2ccccc2O1)N1CCC(Oc2ccc(Br)cn2)C1. The summed E-state index contributed by atoms with van der Waals surface area (Å²) in [5.74, 6) is 1.78. The van der Waals surface area contributed by atoms with Crippen LogP contribution in [0, 0.1) is 0 Å². The van der Waals surface area contributed by atoms with Gasteiger partial charge in [-0.1, -0.05) is 12.1 Å². The minimum atomic E-state index is -0.612. The van der Waals surface area contributed by atoms with E-state index in [4.69, 9.17) is 14.2 Å². The summed E-state index contributed by atoms with van der Waals surface area (Å²) in [6, 6.07) is 11.1. The molecule has 2 aliphatic rings. The van der Waals surface area contributed by atoms with E-state index in [1.807, 2.05) is 36.4 Å². The van der Waals surface area contributed by atoms with Crippen molar-refractivity contribution in [2.45, 2.75) is 18.6 Å². The number of benzene rings is 1. The van der Waals surface area contributed by atoms with Gasteiger partial charge in [0.05, 0.1) is 6.54 Å². The Morgan fingerprint density at radius 1 is 1.24 bits per heavy atom. The lowest BCUT2D eigenvalue weighted by atomic mass is 10.2. The Labute approximate surface area is 153 Å². The second kappa shape index (κ2) is 6.92. The van der Waals surface area contributed by atoms with Crippen LogP contribution in [-0.4, -0.2) is 47.7 Å². The molecule has 6 nitrogen and oxygen atoms in total. The second-order valence-electron chi connectivity index (χ2n) is 5.99. The van der Waals surface area contributed by atoms with Crippen LogP contribution >= 0.6 is 15.9 Å². The number of rotatable bonds is 3. The number of para-hydroxylation sites is 2. The molecule has 1 amide bonds. The molecule has 7 heteroatoms. The van der Waals surface area contributed by atoms with Crippen LogP contribution in [0.25, 0.3) is 0 Å². The van der Waals surface area contributed by atoms with Gasteiger partial charge < -0.3 is 19.1 Å². The van der Waals surface area contributed by atoms with Crippen LogP contribution in [0.1, 0.15) is 6.42 Å². The molecule has 1 aromatic heterocycles. The highest BCUT2D eigenvalue weighted by Crippen LogP contribution is 2.31. The van der Waals surface area contributed by atoms with Crippen LogP contribution in [0.15, 0.2) is 47.1 Å². The molecule has 2 atom stereocenters. The van der Waals surface area contributed by atoms with Crippen LogP contribution in [-0.2, 0) is 4.79 Å². The van der Waals surface area contributed by atoms with Gasteiger partial charge in [0.15, 0.2) is 11.5 Å². The molecule has 1 aromatic carbocycles. The summed E-state index contributed by atoms with van der Waals surface area (Å²) in [5, 5.41) is 0. The number of fused-ring (bicyclic) bond motifs is 1. The first-order valence-corrected chi connectivity index (χ1v) is 8.94. The molecule has 0 bridgehead atoms. The normalized spacial score (nSPS) is 21.9. The Bertz CT molecular complexity index is 768. The molecule has 0 spiro atoms. The van der Waals surface area contributed by atoms with E-state index < -0.39 is 6.10 Å². The van der Waals surface area contributed by atoms with Crippen molar-refractivity contribution in [2.24, 2.45) is 0 Å². The third-order valence-corrected chi connectivity index (χ3v) is 4.70. The molecule has 2 aliphatic heterocycles. The van der Waals surface area contributed by atoms with Crippen molar-refractivity contribution >= 4 is 21.8 Å². The molecular formula is C18H17BrN2O4. The largest absolute Gasteiger partial charge is 0.485 e. The predicted molar refractivity (Wildman–Crippen MR) is 93.9 cm³/mol. The lowest BCUT2D eigenvalue weighted by molar-refractivity contribution is -0.140. The summed E-state index contributed by atoms with van der Waals surface area (Å²) in [6.07, 6.45) is 1.79. The monoisotopic (exact) mass is 404 g/mol. The van der Waals surface area contributed by atoms with Crippen LogP contribution < -0.4 is 14.2 Å². The van der Waals surface area contributed by atoms with Gasteiger partial charge in [-0.3, -0.25) is 4.79 Å². The van der Waals surface area contributed by atoms with Gasteiger partial charge in [-0.15, -0.1) is 0 Å². The number of halogens is 1. The van der Waals surface area contributed by atoms with Crippen LogP contribution in [0.4, 0.5) is 0 Å². The first kappa shape index (κ1) is 16.2. The van der Waals surface area contributed by atoms with Gasteiger partial charge in [-0.2, -0.15) is 0 Å². The quantitative estimate of drug-likeness (QED) is 0.786. The summed E-state index contributed by atoms with van der Waals surface area (Å²) >= 11 is 3.35. The van der Waals surface area contributed by atoms with Gasteiger partial charge in [0.25, 0.3) is 5.91 Å². The highest BCUT2D eigenvalue weighted by atomic mass is 79.9. The van der Waals surface area contributed by atoms with Crippen molar-refractivity contribution in [3.63, 3.8) is 0 Å². The van der Waals surface area contributed by atoms with Crippen molar-refractivity contribution < 1.29 is 19.0 Å². The van der Waals surface area contributed by atoms with E-state index in [2.05, 4.69) is 20.9 Å². The van der Waals surface area contributed by atoms with E-state index in [9.17, 15) is 4.79 Å². The maximum Gasteiger partial charge on any atom is 0.267 e. The number of carbonyl (C=O) groups excluding carboxylic acids is 1. The fourth-order valence-corrected chi connectivity index (χ4v) is 3.21. The van der Waals surface area contributed by atoms with Crippen molar-refractivity contribution in [3.05, 3.63) is 47.1 Å². The van der Waals surface area contributed by atoms with E-state index in [0.717, 1.165) is 10.9 Å². The number of aromatic nitrogens is 1. The molecule has 1 saturated heterocycles.